The number of hydrogen-bond acceptors (Lipinski definition) is 5. The number of aromatic nitrogens is 1. The zero-order chi connectivity index (χ0) is 18.9. The lowest BCUT2D eigenvalue weighted by Crippen LogP contribution is -2.23. The summed E-state index contributed by atoms with van der Waals surface area (Å²) in [7, 11) is 2.09. The van der Waals surface area contributed by atoms with Crippen LogP contribution in [0.5, 0.6) is 5.75 Å². The molecule has 9 heteroatoms. The second-order valence-corrected chi connectivity index (χ2v) is 6.03. The molecule has 0 unspecified atom stereocenters. The lowest BCUT2D eigenvalue weighted by Gasteiger charge is -2.15. The van der Waals surface area contributed by atoms with Gasteiger partial charge in [0.1, 0.15) is 17.4 Å². The highest BCUT2D eigenvalue weighted by atomic mass is 32.1. The summed E-state index contributed by atoms with van der Waals surface area (Å²) in [4.78, 5) is 15.6. The fourth-order valence-electron chi connectivity index (χ4n) is 1.62. The Bertz CT molecular complexity index is 648. The number of carboxylic acids is 1. The number of thiazole rings is 1. The van der Waals surface area contributed by atoms with Crippen LogP contribution < -0.4 is 4.74 Å². The first-order valence-electron chi connectivity index (χ1n) is 7.26. The highest BCUT2D eigenvalue weighted by Gasteiger charge is 2.38. The minimum Gasteiger partial charge on any atom is -0.492 e. The maximum absolute atomic E-state index is 10.6. The molecule has 0 bridgehead atoms. The number of benzene rings is 1. The van der Waals surface area contributed by atoms with Crippen LogP contribution in [0.25, 0.3) is 0 Å². The number of aliphatic carboxylic acids is 1. The average molecular weight is 376 g/mol. The fourth-order valence-corrected chi connectivity index (χ4v) is 2.47. The van der Waals surface area contributed by atoms with Gasteiger partial charge in [-0.15, -0.1) is 11.3 Å². The van der Waals surface area contributed by atoms with Gasteiger partial charge in [-0.1, -0.05) is 18.2 Å². The number of carboxylic acid groups (broad SMARTS) is 1. The van der Waals surface area contributed by atoms with Gasteiger partial charge in [0.15, 0.2) is 0 Å². The van der Waals surface area contributed by atoms with Crippen LogP contribution in [0, 0.1) is 6.92 Å². The van der Waals surface area contributed by atoms with Crippen LogP contribution in [0.1, 0.15) is 10.7 Å². The topological polar surface area (TPSA) is 62.7 Å². The van der Waals surface area contributed by atoms with Crippen molar-refractivity contribution in [3.05, 3.63) is 46.4 Å². The maximum Gasteiger partial charge on any atom is 0.490 e. The molecule has 0 aliphatic heterocycles. The van der Waals surface area contributed by atoms with E-state index in [9.17, 15) is 13.2 Å². The number of carbonyl (C=O) groups is 1. The maximum atomic E-state index is 10.6. The summed E-state index contributed by atoms with van der Waals surface area (Å²) in [5.74, 6) is -1.83. The van der Waals surface area contributed by atoms with Gasteiger partial charge in [-0.25, -0.2) is 9.78 Å². The van der Waals surface area contributed by atoms with Crippen molar-refractivity contribution in [2.45, 2.75) is 19.6 Å². The molecule has 0 radical (unpaired) electrons. The molecule has 0 atom stereocenters. The van der Waals surface area contributed by atoms with E-state index in [4.69, 9.17) is 14.6 Å². The van der Waals surface area contributed by atoms with Crippen molar-refractivity contribution in [2.75, 3.05) is 20.2 Å². The van der Waals surface area contributed by atoms with E-state index in [0.29, 0.717) is 6.61 Å². The molecule has 5 nitrogen and oxygen atoms in total. The van der Waals surface area contributed by atoms with E-state index in [2.05, 4.69) is 22.3 Å². The van der Waals surface area contributed by atoms with Crippen LogP contribution in [0.15, 0.2) is 35.7 Å². The monoisotopic (exact) mass is 376 g/mol. The van der Waals surface area contributed by atoms with Crippen LogP contribution in [-0.4, -0.2) is 47.3 Å². The third-order valence-electron chi connectivity index (χ3n) is 2.80. The number of halogens is 3. The average Bonchev–Trinajstić information content (AvgIpc) is 2.93. The standard InChI is InChI=1S/C14H18N2OS.C2HF3O2/c1-12-11-18-14(15-12)10-16(2)8-9-17-13-6-4-3-5-7-13;3-2(4,5)1(6)7/h3-7,11H,8-10H2,1-2H3;(H,6,7). The molecule has 0 fully saturated rings. The van der Waals surface area contributed by atoms with E-state index in [-0.39, 0.29) is 0 Å². The van der Waals surface area contributed by atoms with Crippen molar-refractivity contribution in [3.63, 3.8) is 0 Å². The van der Waals surface area contributed by atoms with Gasteiger partial charge in [0.25, 0.3) is 0 Å². The van der Waals surface area contributed by atoms with E-state index in [1.807, 2.05) is 37.3 Å². The van der Waals surface area contributed by atoms with Crippen LogP contribution in [0.3, 0.4) is 0 Å². The summed E-state index contributed by atoms with van der Waals surface area (Å²) < 4.78 is 37.4. The smallest absolute Gasteiger partial charge is 0.490 e. The van der Waals surface area contributed by atoms with Crippen molar-refractivity contribution in [1.82, 2.24) is 9.88 Å². The predicted octanol–water partition coefficient (Wildman–Crippen LogP) is 3.60. The van der Waals surface area contributed by atoms with E-state index >= 15 is 0 Å². The minimum atomic E-state index is -5.08. The number of aryl methyl sites for hydroxylation is 1. The lowest BCUT2D eigenvalue weighted by molar-refractivity contribution is -0.192. The number of para-hydroxylation sites is 1. The van der Waals surface area contributed by atoms with Crippen molar-refractivity contribution >= 4 is 17.3 Å². The number of hydrogen-bond donors (Lipinski definition) is 1. The van der Waals surface area contributed by atoms with Crippen LogP contribution in [-0.2, 0) is 11.3 Å². The molecule has 0 spiro atoms. The molecule has 25 heavy (non-hydrogen) atoms. The quantitative estimate of drug-likeness (QED) is 0.835. The predicted molar refractivity (Wildman–Crippen MR) is 88.8 cm³/mol. The normalized spacial score (nSPS) is 11.0. The molecule has 0 saturated carbocycles. The molecule has 0 aliphatic carbocycles. The van der Waals surface area contributed by atoms with E-state index in [1.54, 1.807) is 11.3 Å². The van der Waals surface area contributed by atoms with Crippen LogP contribution >= 0.6 is 11.3 Å². The summed E-state index contributed by atoms with van der Waals surface area (Å²) in [6.45, 7) is 4.51. The van der Waals surface area contributed by atoms with Gasteiger partial charge in [-0.3, -0.25) is 4.90 Å². The number of likely N-dealkylation sites (N-methyl/N-ethyl adjacent to an activating group) is 1. The Morgan fingerprint density at radius 1 is 1.32 bits per heavy atom. The minimum absolute atomic E-state index is 0.699. The van der Waals surface area contributed by atoms with Gasteiger partial charge < -0.3 is 9.84 Å². The highest BCUT2D eigenvalue weighted by Crippen LogP contribution is 2.13. The second kappa shape index (κ2) is 10.00. The van der Waals surface area contributed by atoms with E-state index in [0.717, 1.165) is 29.5 Å². The zero-order valence-electron chi connectivity index (χ0n) is 13.8. The highest BCUT2D eigenvalue weighted by molar-refractivity contribution is 7.09. The van der Waals surface area contributed by atoms with Crippen molar-refractivity contribution in [1.29, 1.82) is 0 Å². The second-order valence-electron chi connectivity index (χ2n) is 5.08. The third-order valence-corrected chi connectivity index (χ3v) is 3.75. The summed E-state index contributed by atoms with van der Waals surface area (Å²) in [5.41, 5.74) is 1.10. The first-order valence-corrected chi connectivity index (χ1v) is 8.14. The van der Waals surface area contributed by atoms with E-state index in [1.165, 1.54) is 0 Å². The number of rotatable bonds is 6. The summed E-state index contributed by atoms with van der Waals surface area (Å²) in [6, 6.07) is 9.91. The zero-order valence-corrected chi connectivity index (χ0v) is 14.6. The molecule has 1 N–H and O–H groups in total. The Morgan fingerprint density at radius 2 is 1.92 bits per heavy atom. The van der Waals surface area contributed by atoms with Crippen molar-refractivity contribution < 1.29 is 27.8 Å². The molecule has 138 valence electrons. The van der Waals surface area contributed by atoms with Gasteiger partial charge in [-0.05, 0) is 26.1 Å². The summed E-state index contributed by atoms with van der Waals surface area (Å²) in [6.07, 6.45) is -5.08. The lowest BCUT2D eigenvalue weighted by atomic mass is 10.3. The van der Waals surface area contributed by atoms with Gasteiger partial charge in [-0.2, -0.15) is 13.2 Å². The van der Waals surface area contributed by atoms with E-state index < -0.39 is 12.1 Å². The van der Waals surface area contributed by atoms with Gasteiger partial charge in [0.2, 0.25) is 0 Å². The Labute approximate surface area is 147 Å². The molecular formula is C16H19F3N2O3S. The van der Waals surface area contributed by atoms with Crippen LogP contribution in [0.4, 0.5) is 13.2 Å². The molecule has 2 aromatic rings. The molecule has 2 rings (SSSR count). The van der Waals surface area contributed by atoms with Gasteiger partial charge >= 0.3 is 12.1 Å². The molecule has 1 aromatic carbocycles. The number of nitrogens with zero attached hydrogens (tertiary/aromatic N) is 2. The molecule has 0 saturated heterocycles. The largest absolute Gasteiger partial charge is 0.492 e. The first kappa shape index (κ1) is 20.9. The fraction of sp³-hybridized carbons (Fsp3) is 0.375. The Balaban J connectivity index is 0.000000381. The summed E-state index contributed by atoms with van der Waals surface area (Å²) >= 11 is 1.71. The Hall–Kier alpha value is -2.13. The summed E-state index contributed by atoms with van der Waals surface area (Å²) in [5, 5.41) is 10.4. The van der Waals surface area contributed by atoms with Gasteiger partial charge in [0, 0.05) is 17.6 Å². The van der Waals surface area contributed by atoms with Gasteiger partial charge in [0.05, 0.1) is 6.54 Å². The SMILES string of the molecule is Cc1csc(CN(C)CCOc2ccccc2)n1.O=C(O)C(F)(F)F. The first-order chi connectivity index (χ1) is 11.7. The third kappa shape index (κ3) is 9.06. The molecule has 1 aromatic heterocycles. The Kier molecular flexibility index (Phi) is 8.36. The molecule has 0 aliphatic rings. The molecule has 1 heterocycles. The molecule has 0 amide bonds. The Morgan fingerprint density at radius 3 is 2.40 bits per heavy atom. The number of ether oxygens (including phenoxy) is 1. The van der Waals surface area contributed by atoms with Crippen molar-refractivity contribution in [2.24, 2.45) is 0 Å². The van der Waals surface area contributed by atoms with Crippen molar-refractivity contribution in [3.8, 4) is 5.75 Å². The number of alkyl halides is 3. The molecular weight excluding hydrogens is 357 g/mol. The van der Waals surface area contributed by atoms with Crippen LogP contribution in [0.2, 0.25) is 0 Å².